The summed E-state index contributed by atoms with van der Waals surface area (Å²) >= 11 is 0. The van der Waals surface area contributed by atoms with Crippen LogP contribution in [0.4, 0.5) is 0 Å². The van der Waals surface area contributed by atoms with E-state index < -0.39 is 0 Å². The molecular formula is C12H18O. The molecule has 1 rings (SSSR count). The zero-order valence-corrected chi connectivity index (χ0v) is 8.62. The summed E-state index contributed by atoms with van der Waals surface area (Å²) in [7, 11) is 0. The van der Waals surface area contributed by atoms with Gasteiger partial charge in [-0.2, -0.15) is 0 Å². The van der Waals surface area contributed by atoms with Crippen LogP contribution in [-0.2, 0) is 0 Å². The topological polar surface area (TPSA) is 20.2 Å². The monoisotopic (exact) mass is 178 g/mol. The normalized spacial score (nSPS) is 15.4. The van der Waals surface area contributed by atoms with E-state index in [4.69, 9.17) is 5.11 Å². The van der Waals surface area contributed by atoms with Gasteiger partial charge in [-0.1, -0.05) is 43.7 Å². The Bertz CT molecular complexity index is 250. The molecule has 1 nitrogen and oxygen atoms in total. The van der Waals surface area contributed by atoms with Gasteiger partial charge in [0.05, 0.1) is 0 Å². The molecule has 0 radical (unpaired) electrons. The lowest BCUT2D eigenvalue weighted by molar-refractivity contribution is 0.220. The van der Waals surface area contributed by atoms with Gasteiger partial charge in [0.25, 0.3) is 0 Å². The minimum absolute atomic E-state index is 0.259. The van der Waals surface area contributed by atoms with E-state index in [1.807, 2.05) is 0 Å². The molecule has 0 aliphatic heterocycles. The second-order valence-electron chi connectivity index (χ2n) is 3.86. The van der Waals surface area contributed by atoms with Gasteiger partial charge in [-0.3, -0.25) is 0 Å². The molecule has 0 saturated carbocycles. The second-order valence-corrected chi connectivity index (χ2v) is 3.86. The standard InChI is InChI=1S/C12H18O/c1-9-4-6-12(7-5-9)11(3)10(2)8-13/h4-7,10-11,13H,8H2,1-3H3. The Hall–Kier alpha value is -0.820. The van der Waals surface area contributed by atoms with Crippen molar-refractivity contribution < 1.29 is 5.11 Å². The number of rotatable bonds is 3. The second kappa shape index (κ2) is 4.43. The van der Waals surface area contributed by atoms with Gasteiger partial charge in [0.15, 0.2) is 0 Å². The summed E-state index contributed by atoms with van der Waals surface area (Å²) in [5.74, 6) is 0.772. The Morgan fingerprint density at radius 2 is 1.69 bits per heavy atom. The van der Waals surface area contributed by atoms with E-state index in [9.17, 15) is 0 Å². The van der Waals surface area contributed by atoms with Crippen molar-refractivity contribution >= 4 is 0 Å². The third-order valence-corrected chi connectivity index (χ3v) is 2.74. The molecule has 0 heterocycles. The first-order valence-corrected chi connectivity index (χ1v) is 4.82. The highest BCUT2D eigenvalue weighted by Crippen LogP contribution is 2.23. The summed E-state index contributed by atoms with van der Waals surface area (Å²) in [5.41, 5.74) is 2.60. The fourth-order valence-corrected chi connectivity index (χ4v) is 1.36. The van der Waals surface area contributed by atoms with Crippen LogP contribution in [0.3, 0.4) is 0 Å². The van der Waals surface area contributed by atoms with Gasteiger partial charge in [0.2, 0.25) is 0 Å². The van der Waals surface area contributed by atoms with Gasteiger partial charge >= 0.3 is 0 Å². The molecule has 1 N–H and O–H groups in total. The maximum Gasteiger partial charge on any atom is 0.0462 e. The Morgan fingerprint density at radius 3 is 2.15 bits per heavy atom. The summed E-state index contributed by atoms with van der Waals surface area (Å²) in [6, 6.07) is 8.53. The summed E-state index contributed by atoms with van der Waals surface area (Å²) in [6.07, 6.45) is 0. The van der Waals surface area contributed by atoms with E-state index in [1.54, 1.807) is 0 Å². The van der Waals surface area contributed by atoms with Crippen molar-refractivity contribution in [3.63, 3.8) is 0 Å². The Balaban J connectivity index is 2.77. The first-order chi connectivity index (χ1) is 6.15. The van der Waals surface area contributed by atoms with E-state index in [-0.39, 0.29) is 6.61 Å². The number of aliphatic hydroxyl groups excluding tert-OH is 1. The van der Waals surface area contributed by atoms with Crippen LogP contribution in [0.15, 0.2) is 24.3 Å². The lowest BCUT2D eigenvalue weighted by Gasteiger charge is -2.17. The maximum absolute atomic E-state index is 9.02. The average Bonchev–Trinajstić information content (AvgIpc) is 2.17. The molecule has 1 aromatic rings. The molecule has 2 unspecified atom stereocenters. The van der Waals surface area contributed by atoms with Crippen LogP contribution in [0.2, 0.25) is 0 Å². The van der Waals surface area contributed by atoms with Crippen molar-refractivity contribution in [2.45, 2.75) is 26.7 Å². The predicted molar refractivity (Wildman–Crippen MR) is 55.8 cm³/mol. The molecule has 0 bridgehead atoms. The lowest BCUT2D eigenvalue weighted by atomic mass is 9.89. The van der Waals surface area contributed by atoms with E-state index in [2.05, 4.69) is 45.0 Å². The van der Waals surface area contributed by atoms with Crippen molar-refractivity contribution in [3.8, 4) is 0 Å². The zero-order chi connectivity index (χ0) is 9.84. The molecule has 0 saturated heterocycles. The van der Waals surface area contributed by atoms with E-state index in [0.717, 1.165) is 0 Å². The third-order valence-electron chi connectivity index (χ3n) is 2.74. The first kappa shape index (κ1) is 10.3. The van der Waals surface area contributed by atoms with Crippen molar-refractivity contribution in [2.24, 2.45) is 5.92 Å². The van der Waals surface area contributed by atoms with Crippen LogP contribution in [-0.4, -0.2) is 11.7 Å². The highest BCUT2D eigenvalue weighted by molar-refractivity contribution is 5.24. The molecule has 0 aliphatic rings. The quantitative estimate of drug-likeness (QED) is 0.754. The fraction of sp³-hybridized carbons (Fsp3) is 0.500. The maximum atomic E-state index is 9.02. The van der Waals surface area contributed by atoms with Gasteiger partial charge < -0.3 is 5.11 Å². The summed E-state index contributed by atoms with van der Waals surface area (Å²) in [5, 5.41) is 9.02. The molecular weight excluding hydrogens is 160 g/mol. The summed E-state index contributed by atoms with van der Waals surface area (Å²) < 4.78 is 0. The number of aliphatic hydroxyl groups is 1. The van der Waals surface area contributed by atoms with E-state index in [1.165, 1.54) is 11.1 Å². The van der Waals surface area contributed by atoms with Gasteiger partial charge in [0, 0.05) is 6.61 Å². The van der Waals surface area contributed by atoms with Crippen molar-refractivity contribution in [1.82, 2.24) is 0 Å². The molecule has 0 aliphatic carbocycles. The van der Waals surface area contributed by atoms with Crippen LogP contribution in [0.1, 0.15) is 30.9 Å². The summed E-state index contributed by atoms with van der Waals surface area (Å²) in [6.45, 7) is 6.58. The minimum atomic E-state index is 0.259. The van der Waals surface area contributed by atoms with Crippen LogP contribution >= 0.6 is 0 Å². The van der Waals surface area contributed by atoms with Crippen LogP contribution in [0, 0.1) is 12.8 Å². The van der Waals surface area contributed by atoms with Gasteiger partial charge in [0.1, 0.15) is 0 Å². The molecule has 2 atom stereocenters. The molecule has 1 aromatic carbocycles. The molecule has 0 amide bonds. The molecule has 72 valence electrons. The highest BCUT2D eigenvalue weighted by atomic mass is 16.3. The largest absolute Gasteiger partial charge is 0.396 e. The molecule has 13 heavy (non-hydrogen) atoms. The summed E-state index contributed by atoms with van der Waals surface area (Å²) in [4.78, 5) is 0. The van der Waals surface area contributed by atoms with Gasteiger partial charge in [-0.15, -0.1) is 0 Å². The molecule has 0 aromatic heterocycles. The Labute approximate surface area is 80.4 Å². The third kappa shape index (κ3) is 2.56. The van der Waals surface area contributed by atoms with Crippen LogP contribution < -0.4 is 0 Å². The van der Waals surface area contributed by atoms with Gasteiger partial charge in [-0.05, 0) is 24.3 Å². The lowest BCUT2D eigenvalue weighted by Crippen LogP contribution is -2.10. The van der Waals surface area contributed by atoms with Crippen molar-refractivity contribution in [3.05, 3.63) is 35.4 Å². The predicted octanol–water partition coefficient (Wildman–Crippen LogP) is 2.73. The number of aryl methyl sites for hydroxylation is 1. The number of benzene rings is 1. The molecule has 0 fully saturated rings. The van der Waals surface area contributed by atoms with Crippen molar-refractivity contribution in [2.75, 3.05) is 6.61 Å². The number of hydrogen-bond donors (Lipinski definition) is 1. The van der Waals surface area contributed by atoms with Gasteiger partial charge in [-0.25, -0.2) is 0 Å². The highest BCUT2D eigenvalue weighted by Gasteiger charge is 2.12. The number of hydrogen-bond acceptors (Lipinski definition) is 1. The van der Waals surface area contributed by atoms with Crippen LogP contribution in [0.5, 0.6) is 0 Å². The molecule has 1 heteroatoms. The first-order valence-electron chi connectivity index (χ1n) is 4.82. The Morgan fingerprint density at radius 1 is 1.15 bits per heavy atom. The van der Waals surface area contributed by atoms with E-state index in [0.29, 0.717) is 11.8 Å². The smallest absolute Gasteiger partial charge is 0.0462 e. The fourth-order valence-electron chi connectivity index (χ4n) is 1.36. The molecule has 0 spiro atoms. The van der Waals surface area contributed by atoms with Crippen LogP contribution in [0.25, 0.3) is 0 Å². The van der Waals surface area contributed by atoms with E-state index >= 15 is 0 Å². The average molecular weight is 178 g/mol. The SMILES string of the molecule is Cc1ccc(C(C)C(C)CO)cc1. The zero-order valence-electron chi connectivity index (χ0n) is 8.62. The minimum Gasteiger partial charge on any atom is -0.396 e. The Kier molecular flexibility index (Phi) is 3.49. The van der Waals surface area contributed by atoms with Crippen molar-refractivity contribution in [1.29, 1.82) is 0 Å².